The summed E-state index contributed by atoms with van der Waals surface area (Å²) < 4.78 is 0. The molecule has 128 valence electrons. The van der Waals surface area contributed by atoms with Crippen LogP contribution in [0, 0.1) is 0 Å². The average Bonchev–Trinajstić information content (AvgIpc) is 2.67. The van der Waals surface area contributed by atoms with E-state index in [2.05, 4.69) is 20.3 Å². The van der Waals surface area contributed by atoms with Gasteiger partial charge in [-0.25, -0.2) is 9.97 Å². The molecule has 2 N–H and O–H groups in total. The van der Waals surface area contributed by atoms with Crippen LogP contribution in [0.15, 0.2) is 66.9 Å². The van der Waals surface area contributed by atoms with Gasteiger partial charge in [-0.1, -0.05) is 29.8 Å². The Morgan fingerprint density at radius 1 is 0.923 bits per heavy atom. The summed E-state index contributed by atoms with van der Waals surface area (Å²) in [6.45, 7) is 0.573. The van der Waals surface area contributed by atoms with E-state index in [9.17, 15) is 5.11 Å². The highest BCUT2D eigenvalue weighted by atomic mass is 35.5. The molecule has 2 aromatic heterocycles. The minimum absolute atomic E-state index is 0.215. The highest BCUT2D eigenvalue weighted by Gasteiger charge is 2.06. The summed E-state index contributed by atoms with van der Waals surface area (Å²) in [5.41, 5.74) is 3.84. The van der Waals surface area contributed by atoms with Crippen molar-refractivity contribution < 1.29 is 5.11 Å². The third kappa shape index (κ3) is 3.43. The van der Waals surface area contributed by atoms with Gasteiger partial charge in [-0.05, 0) is 48.0 Å². The van der Waals surface area contributed by atoms with Gasteiger partial charge in [0.25, 0.3) is 0 Å². The Morgan fingerprint density at radius 3 is 2.54 bits per heavy atom. The van der Waals surface area contributed by atoms with Crippen LogP contribution in [0.25, 0.3) is 22.4 Å². The van der Waals surface area contributed by atoms with Crippen molar-refractivity contribution in [3.05, 3.63) is 77.4 Å². The predicted molar refractivity (Wildman–Crippen MR) is 103 cm³/mol. The van der Waals surface area contributed by atoms with Crippen molar-refractivity contribution in [2.45, 2.75) is 6.54 Å². The van der Waals surface area contributed by atoms with Crippen LogP contribution in [-0.2, 0) is 6.54 Å². The number of hydrogen-bond donors (Lipinski definition) is 2. The van der Waals surface area contributed by atoms with Crippen LogP contribution < -0.4 is 5.32 Å². The Kier molecular flexibility index (Phi) is 4.37. The number of benzene rings is 2. The molecule has 0 radical (unpaired) electrons. The lowest BCUT2D eigenvalue weighted by molar-refractivity contribution is 0.475. The smallest absolute Gasteiger partial charge is 0.180 e. The summed E-state index contributed by atoms with van der Waals surface area (Å²) >= 11 is 6.18. The first-order valence-corrected chi connectivity index (χ1v) is 8.47. The highest BCUT2D eigenvalue weighted by molar-refractivity contribution is 6.31. The van der Waals surface area contributed by atoms with Crippen molar-refractivity contribution in [3.63, 3.8) is 0 Å². The highest BCUT2D eigenvalue weighted by Crippen LogP contribution is 2.22. The second-order valence-electron chi connectivity index (χ2n) is 5.79. The minimum Gasteiger partial charge on any atom is -0.508 e. The van der Waals surface area contributed by atoms with Crippen LogP contribution in [-0.4, -0.2) is 20.1 Å². The summed E-state index contributed by atoms with van der Waals surface area (Å²) in [7, 11) is 0. The first kappa shape index (κ1) is 16.3. The lowest BCUT2D eigenvalue weighted by Gasteiger charge is -2.08. The Labute approximate surface area is 155 Å². The van der Waals surface area contributed by atoms with Gasteiger partial charge >= 0.3 is 0 Å². The number of fused-ring (bicyclic) bond motifs is 1. The third-order valence-corrected chi connectivity index (χ3v) is 4.36. The standard InChI is InChI=1S/C20H15ClN4O/c21-16-4-2-1-3-14(16)11-23-19-10-9-17-20(25-19)24-18(12-22-17)13-5-7-15(26)8-6-13/h1-10,12,26H,11H2,(H,23,24,25). The van der Waals surface area contributed by atoms with Gasteiger partial charge in [-0.3, -0.25) is 4.98 Å². The number of pyridine rings is 1. The first-order chi connectivity index (χ1) is 12.7. The molecule has 2 aromatic carbocycles. The number of nitrogens with zero attached hydrogens (tertiary/aromatic N) is 3. The lowest BCUT2D eigenvalue weighted by atomic mass is 10.1. The van der Waals surface area contributed by atoms with Crippen LogP contribution >= 0.6 is 11.6 Å². The van der Waals surface area contributed by atoms with Gasteiger partial charge in [-0.2, -0.15) is 0 Å². The maximum absolute atomic E-state index is 9.42. The molecule has 6 heteroatoms. The topological polar surface area (TPSA) is 70.9 Å². The first-order valence-electron chi connectivity index (χ1n) is 8.09. The van der Waals surface area contributed by atoms with Crippen molar-refractivity contribution in [2.75, 3.05) is 5.32 Å². The van der Waals surface area contributed by atoms with Crippen molar-refractivity contribution in [1.82, 2.24) is 15.0 Å². The van der Waals surface area contributed by atoms with Crippen molar-refractivity contribution >= 4 is 28.6 Å². The number of anilines is 1. The van der Waals surface area contributed by atoms with Crippen LogP contribution in [0.5, 0.6) is 5.75 Å². The summed E-state index contributed by atoms with van der Waals surface area (Å²) in [5, 5.41) is 13.4. The lowest BCUT2D eigenvalue weighted by Crippen LogP contribution is -2.02. The fourth-order valence-electron chi connectivity index (χ4n) is 2.60. The molecule has 0 bridgehead atoms. The Bertz CT molecular complexity index is 1070. The van der Waals surface area contributed by atoms with Gasteiger partial charge in [0, 0.05) is 17.1 Å². The molecule has 2 heterocycles. The van der Waals surface area contributed by atoms with Gasteiger partial charge in [0.1, 0.15) is 17.1 Å². The molecular weight excluding hydrogens is 348 g/mol. The molecule has 4 rings (SSSR count). The molecule has 0 aliphatic rings. The monoisotopic (exact) mass is 362 g/mol. The minimum atomic E-state index is 0.215. The number of halogens is 1. The second kappa shape index (κ2) is 6.98. The molecule has 5 nitrogen and oxygen atoms in total. The summed E-state index contributed by atoms with van der Waals surface area (Å²) in [5.74, 6) is 0.918. The zero-order chi connectivity index (χ0) is 17.9. The number of rotatable bonds is 4. The van der Waals surface area contributed by atoms with E-state index in [0.29, 0.717) is 23.7 Å². The summed E-state index contributed by atoms with van der Waals surface area (Å²) in [6, 6.07) is 18.3. The third-order valence-electron chi connectivity index (χ3n) is 3.99. The van der Waals surface area contributed by atoms with E-state index in [0.717, 1.165) is 21.7 Å². The quantitative estimate of drug-likeness (QED) is 0.552. The van der Waals surface area contributed by atoms with Gasteiger partial charge in [0.2, 0.25) is 0 Å². The van der Waals surface area contributed by atoms with Gasteiger partial charge in [0.05, 0.1) is 11.9 Å². The Hall–Kier alpha value is -3.18. The van der Waals surface area contributed by atoms with Gasteiger partial charge < -0.3 is 10.4 Å². The number of aromatic nitrogens is 3. The van der Waals surface area contributed by atoms with Crippen molar-refractivity contribution in [2.24, 2.45) is 0 Å². The van der Waals surface area contributed by atoms with E-state index in [4.69, 9.17) is 11.6 Å². The number of nitrogens with one attached hydrogen (secondary N) is 1. The van der Waals surface area contributed by atoms with E-state index in [-0.39, 0.29) is 5.75 Å². The zero-order valence-electron chi connectivity index (χ0n) is 13.7. The van der Waals surface area contributed by atoms with E-state index < -0.39 is 0 Å². The molecule has 0 saturated carbocycles. The molecule has 0 spiro atoms. The molecule has 0 aliphatic heterocycles. The van der Waals surface area contributed by atoms with Gasteiger partial charge in [0.15, 0.2) is 5.65 Å². The molecule has 0 unspecified atom stereocenters. The second-order valence-corrected chi connectivity index (χ2v) is 6.19. The summed E-state index contributed by atoms with van der Waals surface area (Å²) in [6.07, 6.45) is 1.70. The summed E-state index contributed by atoms with van der Waals surface area (Å²) in [4.78, 5) is 13.6. The van der Waals surface area contributed by atoms with E-state index in [1.165, 1.54) is 0 Å². The number of hydrogen-bond acceptors (Lipinski definition) is 5. The predicted octanol–water partition coefficient (Wildman–Crippen LogP) is 4.66. The molecule has 0 amide bonds. The van der Waals surface area contributed by atoms with E-state index >= 15 is 0 Å². The number of phenolic OH excluding ortho intramolecular Hbond substituents is 1. The number of aromatic hydroxyl groups is 1. The Morgan fingerprint density at radius 2 is 1.73 bits per heavy atom. The normalized spacial score (nSPS) is 10.8. The molecule has 4 aromatic rings. The van der Waals surface area contributed by atoms with Crippen LogP contribution in [0.2, 0.25) is 5.02 Å². The van der Waals surface area contributed by atoms with Crippen LogP contribution in [0.1, 0.15) is 5.56 Å². The van der Waals surface area contributed by atoms with Crippen molar-refractivity contribution in [3.8, 4) is 17.0 Å². The molecule has 0 fully saturated rings. The zero-order valence-corrected chi connectivity index (χ0v) is 14.5. The molecular formula is C20H15ClN4O. The van der Waals surface area contributed by atoms with E-state index in [1.807, 2.05) is 36.4 Å². The van der Waals surface area contributed by atoms with Crippen LogP contribution in [0.4, 0.5) is 5.82 Å². The van der Waals surface area contributed by atoms with Crippen molar-refractivity contribution in [1.29, 1.82) is 0 Å². The molecule has 26 heavy (non-hydrogen) atoms. The fourth-order valence-corrected chi connectivity index (χ4v) is 2.80. The fraction of sp³-hybridized carbons (Fsp3) is 0.0500. The molecule has 0 saturated heterocycles. The molecule has 0 atom stereocenters. The molecule has 0 aliphatic carbocycles. The maximum atomic E-state index is 9.42. The SMILES string of the molecule is Oc1ccc(-c2cnc3ccc(NCc4ccccc4Cl)nc3n2)cc1. The van der Waals surface area contributed by atoms with Gasteiger partial charge in [-0.15, -0.1) is 0 Å². The average molecular weight is 363 g/mol. The van der Waals surface area contributed by atoms with E-state index in [1.54, 1.807) is 30.5 Å². The Balaban J connectivity index is 1.61. The number of phenols is 1. The maximum Gasteiger partial charge on any atom is 0.180 e. The van der Waals surface area contributed by atoms with Crippen LogP contribution in [0.3, 0.4) is 0 Å². The largest absolute Gasteiger partial charge is 0.508 e.